The fraction of sp³-hybridized carbons (Fsp3) is 0.190. The van der Waals surface area contributed by atoms with Gasteiger partial charge in [0.15, 0.2) is 0 Å². The van der Waals surface area contributed by atoms with Crippen LogP contribution in [0.15, 0.2) is 70.2 Å². The molecule has 2 aromatic carbocycles. The van der Waals surface area contributed by atoms with Crippen molar-refractivity contribution in [2.45, 2.75) is 30.3 Å². The van der Waals surface area contributed by atoms with Gasteiger partial charge in [0.25, 0.3) is 15.9 Å². The van der Waals surface area contributed by atoms with Gasteiger partial charge in [0.2, 0.25) is 0 Å². The summed E-state index contributed by atoms with van der Waals surface area (Å²) in [4.78, 5) is 14.8. The van der Waals surface area contributed by atoms with E-state index in [9.17, 15) is 13.2 Å². The maximum atomic E-state index is 13.1. The highest BCUT2D eigenvalue weighted by molar-refractivity contribution is 7.92. The number of nitrogens with one attached hydrogen (secondary N) is 1. The van der Waals surface area contributed by atoms with Gasteiger partial charge in [-0.1, -0.05) is 29.3 Å². The van der Waals surface area contributed by atoms with E-state index in [1.807, 2.05) is 6.07 Å². The number of halogens is 2. The number of benzene rings is 2. The van der Waals surface area contributed by atoms with E-state index in [0.717, 1.165) is 12.8 Å². The average Bonchev–Trinajstić information content (AvgIpc) is 3.43. The van der Waals surface area contributed by atoms with Crippen molar-refractivity contribution in [2.75, 3.05) is 4.72 Å². The molecule has 0 aliphatic heterocycles. The Hall–Kier alpha value is -2.48. The quantitative estimate of drug-likeness (QED) is 0.521. The van der Waals surface area contributed by atoms with Crippen molar-refractivity contribution in [3.05, 3.63) is 82.2 Å². The molecule has 6 nitrogen and oxygen atoms in total. The second kappa shape index (κ2) is 8.34. The first-order valence-corrected chi connectivity index (χ1v) is 11.5. The van der Waals surface area contributed by atoms with E-state index in [4.69, 9.17) is 27.6 Å². The van der Waals surface area contributed by atoms with Gasteiger partial charge in [-0.25, -0.2) is 8.42 Å². The molecule has 1 aromatic heterocycles. The molecule has 1 aliphatic rings. The molecule has 0 spiro atoms. The summed E-state index contributed by atoms with van der Waals surface area (Å²) >= 11 is 11.8. The second-order valence-electron chi connectivity index (χ2n) is 7.01. The zero-order valence-electron chi connectivity index (χ0n) is 15.7. The second-order valence-corrected chi connectivity index (χ2v) is 9.50. The molecular formula is C21H18Cl2N2O4S. The number of sulfonamides is 1. The van der Waals surface area contributed by atoms with Gasteiger partial charge < -0.3 is 9.32 Å². The molecule has 30 heavy (non-hydrogen) atoms. The highest BCUT2D eigenvalue weighted by atomic mass is 35.5. The van der Waals surface area contributed by atoms with E-state index in [0.29, 0.717) is 17.9 Å². The van der Waals surface area contributed by atoms with Crippen LogP contribution >= 0.6 is 23.2 Å². The third-order valence-corrected chi connectivity index (χ3v) is 6.84. The molecule has 1 fully saturated rings. The summed E-state index contributed by atoms with van der Waals surface area (Å²) in [5.74, 6) is 0.524. The third-order valence-electron chi connectivity index (χ3n) is 4.72. The lowest BCUT2D eigenvalue weighted by molar-refractivity contribution is 0.0717. The zero-order chi connectivity index (χ0) is 21.3. The van der Waals surface area contributed by atoms with Gasteiger partial charge in [-0.15, -0.1) is 0 Å². The van der Waals surface area contributed by atoms with Crippen molar-refractivity contribution in [2.24, 2.45) is 0 Å². The van der Waals surface area contributed by atoms with Crippen LogP contribution in [0.1, 0.15) is 29.0 Å². The Morgan fingerprint density at radius 1 is 1.07 bits per heavy atom. The summed E-state index contributed by atoms with van der Waals surface area (Å²) in [7, 11) is -3.89. The van der Waals surface area contributed by atoms with Crippen molar-refractivity contribution < 1.29 is 17.6 Å². The minimum atomic E-state index is -3.89. The molecule has 156 valence electrons. The summed E-state index contributed by atoms with van der Waals surface area (Å²) in [5, 5.41) is 0.404. The lowest BCUT2D eigenvalue weighted by Crippen LogP contribution is -2.32. The standard InChI is InChI=1S/C21H18Cl2N2O4S/c22-19-9-8-18(12-20(19)23)30(27,28)24-15-4-1-3-14(11-15)21(26)25(16-6-7-16)13-17-5-2-10-29-17/h1-5,8-12,16,24H,6-7,13H2. The fourth-order valence-corrected chi connectivity index (χ4v) is 4.50. The van der Waals surface area contributed by atoms with Crippen LogP contribution in [0, 0.1) is 0 Å². The van der Waals surface area contributed by atoms with E-state index < -0.39 is 10.0 Å². The van der Waals surface area contributed by atoms with Crippen LogP contribution in [0.25, 0.3) is 0 Å². The first-order valence-electron chi connectivity index (χ1n) is 9.25. The van der Waals surface area contributed by atoms with E-state index in [2.05, 4.69) is 4.72 Å². The van der Waals surface area contributed by atoms with Crippen LogP contribution in [0.4, 0.5) is 5.69 Å². The number of furan rings is 1. The maximum Gasteiger partial charge on any atom is 0.261 e. The minimum Gasteiger partial charge on any atom is -0.467 e. The Kier molecular flexibility index (Phi) is 5.77. The fourth-order valence-electron chi connectivity index (χ4n) is 3.06. The molecular weight excluding hydrogens is 447 g/mol. The van der Waals surface area contributed by atoms with Gasteiger partial charge in [-0.2, -0.15) is 0 Å². The number of rotatable bonds is 7. The molecule has 4 rings (SSSR count). The maximum absolute atomic E-state index is 13.1. The van der Waals surface area contributed by atoms with E-state index >= 15 is 0 Å². The smallest absolute Gasteiger partial charge is 0.261 e. The summed E-state index contributed by atoms with van der Waals surface area (Å²) in [6.45, 7) is 0.371. The van der Waals surface area contributed by atoms with Crippen molar-refractivity contribution in [3.63, 3.8) is 0 Å². The molecule has 0 radical (unpaired) electrons. The Balaban J connectivity index is 1.55. The van der Waals surface area contributed by atoms with E-state index in [1.165, 1.54) is 24.3 Å². The van der Waals surface area contributed by atoms with Gasteiger partial charge in [-0.05, 0) is 61.4 Å². The Morgan fingerprint density at radius 3 is 2.53 bits per heavy atom. The van der Waals surface area contributed by atoms with E-state index in [1.54, 1.807) is 35.4 Å². The number of anilines is 1. The van der Waals surface area contributed by atoms with Crippen molar-refractivity contribution >= 4 is 44.8 Å². The monoisotopic (exact) mass is 464 g/mol. The number of nitrogens with zero attached hydrogens (tertiary/aromatic N) is 1. The Morgan fingerprint density at radius 2 is 1.87 bits per heavy atom. The number of carbonyl (C=O) groups excluding carboxylic acids is 1. The predicted molar refractivity (Wildman–Crippen MR) is 115 cm³/mol. The number of carbonyl (C=O) groups is 1. The molecule has 0 saturated heterocycles. The van der Waals surface area contributed by atoms with Crippen LogP contribution in [-0.4, -0.2) is 25.3 Å². The molecule has 1 amide bonds. The minimum absolute atomic E-state index is 0.0222. The molecule has 1 aliphatic carbocycles. The lowest BCUT2D eigenvalue weighted by atomic mass is 10.1. The molecule has 9 heteroatoms. The third kappa shape index (κ3) is 4.64. The van der Waals surface area contributed by atoms with Gasteiger partial charge in [-0.3, -0.25) is 9.52 Å². The van der Waals surface area contributed by atoms with Crippen LogP contribution in [0.5, 0.6) is 0 Å². The van der Waals surface area contributed by atoms with Crippen molar-refractivity contribution in [3.8, 4) is 0 Å². The zero-order valence-corrected chi connectivity index (χ0v) is 18.0. The molecule has 3 aromatic rings. The van der Waals surface area contributed by atoms with Gasteiger partial charge in [0, 0.05) is 17.3 Å². The SMILES string of the molecule is O=C(c1cccc(NS(=O)(=O)c2ccc(Cl)c(Cl)c2)c1)N(Cc1ccco1)C1CC1. The summed E-state index contributed by atoms with van der Waals surface area (Å²) in [5.41, 5.74) is 0.670. The summed E-state index contributed by atoms with van der Waals surface area (Å²) < 4.78 is 33.2. The number of hydrogen-bond donors (Lipinski definition) is 1. The molecule has 0 atom stereocenters. The molecule has 0 bridgehead atoms. The van der Waals surface area contributed by atoms with Crippen LogP contribution in [0.3, 0.4) is 0 Å². The first kappa shape index (κ1) is 20.8. The molecule has 1 N–H and O–H groups in total. The normalized spacial score (nSPS) is 13.8. The van der Waals surface area contributed by atoms with Gasteiger partial charge in [0.1, 0.15) is 5.76 Å². The summed E-state index contributed by atoms with van der Waals surface area (Å²) in [6, 6.07) is 14.2. The highest BCUT2D eigenvalue weighted by Gasteiger charge is 2.33. The van der Waals surface area contributed by atoms with Crippen LogP contribution in [0.2, 0.25) is 10.0 Å². The number of amides is 1. The topological polar surface area (TPSA) is 79.6 Å². The predicted octanol–water partition coefficient (Wildman–Crippen LogP) is 5.19. The summed E-state index contributed by atoms with van der Waals surface area (Å²) in [6.07, 6.45) is 3.45. The van der Waals surface area contributed by atoms with Crippen molar-refractivity contribution in [1.82, 2.24) is 4.90 Å². The lowest BCUT2D eigenvalue weighted by Gasteiger charge is -2.21. The van der Waals surface area contributed by atoms with Crippen LogP contribution < -0.4 is 4.72 Å². The Bertz CT molecular complexity index is 1180. The Labute approximate surface area is 184 Å². The average molecular weight is 465 g/mol. The van der Waals surface area contributed by atoms with Gasteiger partial charge in [0.05, 0.1) is 27.7 Å². The van der Waals surface area contributed by atoms with Crippen LogP contribution in [-0.2, 0) is 16.6 Å². The largest absolute Gasteiger partial charge is 0.467 e. The van der Waals surface area contributed by atoms with E-state index in [-0.39, 0.29) is 32.6 Å². The van der Waals surface area contributed by atoms with Crippen molar-refractivity contribution in [1.29, 1.82) is 0 Å². The van der Waals surface area contributed by atoms with Gasteiger partial charge >= 0.3 is 0 Å². The number of hydrogen-bond acceptors (Lipinski definition) is 4. The molecule has 1 saturated carbocycles. The highest BCUT2D eigenvalue weighted by Crippen LogP contribution is 2.31. The molecule has 1 heterocycles. The molecule has 0 unspecified atom stereocenters. The first-order chi connectivity index (χ1) is 14.3.